The van der Waals surface area contributed by atoms with Crippen molar-refractivity contribution in [1.82, 2.24) is 30.6 Å². The van der Waals surface area contributed by atoms with Gasteiger partial charge in [0.1, 0.15) is 5.75 Å². The second-order valence-electron chi connectivity index (χ2n) is 13.6. The number of aromatic amines is 1. The van der Waals surface area contributed by atoms with E-state index in [0.717, 1.165) is 67.4 Å². The highest BCUT2D eigenvalue weighted by Crippen LogP contribution is 2.30. The summed E-state index contributed by atoms with van der Waals surface area (Å²) in [7, 11) is 0. The molecule has 1 aliphatic carbocycles. The zero-order valence-corrected chi connectivity index (χ0v) is 27.9. The van der Waals surface area contributed by atoms with Crippen LogP contribution in [-0.4, -0.2) is 99.5 Å². The molecule has 2 aliphatic heterocycles. The Morgan fingerprint density at radius 2 is 1.83 bits per heavy atom. The van der Waals surface area contributed by atoms with Crippen LogP contribution in [0.15, 0.2) is 60.9 Å². The minimum Gasteiger partial charge on any atom is -0.478 e. The number of carbonyl (C=O) groups is 3. The van der Waals surface area contributed by atoms with E-state index in [1.165, 1.54) is 0 Å². The molecule has 2 atom stereocenters. The number of H-pyrrole nitrogens is 1. The van der Waals surface area contributed by atoms with E-state index in [1.54, 1.807) is 24.9 Å². The lowest BCUT2D eigenvalue weighted by atomic mass is 10.0. The fraction of sp³-hybridized carbons (Fsp3) is 0.500. The fourth-order valence-corrected chi connectivity index (χ4v) is 6.66. The quantitative estimate of drug-likeness (QED) is 0.233. The molecule has 0 unspecified atom stereocenters. The summed E-state index contributed by atoms with van der Waals surface area (Å²) in [4.78, 5) is 45.1. The molecule has 0 spiro atoms. The topological polar surface area (TPSA) is 143 Å². The van der Waals surface area contributed by atoms with Crippen molar-refractivity contribution in [3.63, 3.8) is 0 Å². The second-order valence-corrected chi connectivity index (χ2v) is 13.6. The third-order valence-corrected chi connectivity index (χ3v) is 9.55. The van der Waals surface area contributed by atoms with Gasteiger partial charge in [-0.1, -0.05) is 30.3 Å². The van der Waals surface area contributed by atoms with Crippen molar-refractivity contribution < 1.29 is 24.2 Å². The van der Waals surface area contributed by atoms with Crippen molar-refractivity contribution in [2.24, 2.45) is 0 Å². The number of piperidine rings is 1. The number of carbonyl (C=O) groups excluding carboxylic acids is 3. The lowest BCUT2D eigenvalue weighted by Gasteiger charge is -2.36. The number of hydrogen-bond donors (Lipinski definition) is 4. The molecule has 3 aromatic rings. The van der Waals surface area contributed by atoms with Crippen molar-refractivity contribution in [2.75, 3.05) is 37.7 Å². The third-order valence-electron chi connectivity index (χ3n) is 9.55. The van der Waals surface area contributed by atoms with Crippen LogP contribution in [0.25, 0.3) is 11.1 Å². The molecule has 2 aromatic carbocycles. The van der Waals surface area contributed by atoms with Gasteiger partial charge in [-0.2, -0.15) is 5.10 Å². The lowest BCUT2D eigenvalue weighted by Crippen LogP contribution is -2.52. The molecule has 0 bridgehead atoms. The van der Waals surface area contributed by atoms with Crippen molar-refractivity contribution in [1.29, 1.82) is 0 Å². The van der Waals surface area contributed by atoms with Gasteiger partial charge in [0.15, 0.2) is 5.60 Å². The molecule has 4 amide bonds. The summed E-state index contributed by atoms with van der Waals surface area (Å²) < 4.78 is 6.15. The van der Waals surface area contributed by atoms with Crippen LogP contribution in [0.1, 0.15) is 57.9 Å². The molecule has 1 saturated carbocycles. The number of aliphatic hydroxyl groups excluding tert-OH is 1. The van der Waals surface area contributed by atoms with Crippen LogP contribution in [-0.2, 0) is 16.1 Å². The van der Waals surface area contributed by atoms with E-state index >= 15 is 0 Å². The molecule has 6 rings (SSSR count). The van der Waals surface area contributed by atoms with Gasteiger partial charge in [0, 0.05) is 61.8 Å². The van der Waals surface area contributed by atoms with Crippen LogP contribution < -0.4 is 20.3 Å². The molecule has 2 saturated heterocycles. The Balaban J connectivity index is 1.02. The maximum Gasteiger partial charge on any atom is 0.318 e. The van der Waals surface area contributed by atoms with Crippen LogP contribution in [0.5, 0.6) is 5.75 Å². The summed E-state index contributed by atoms with van der Waals surface area (Å²) in [6, 6.07) is 16.0. The molecule has 256 valence electrons. The van der Waals surface area contributed by atoms with Crippen LogP contribution >= 0.6 is 0 Å². The molecular formula is C36H47N7O5. The van der Waals surface area contributed by atoms with Gasteiger partial charge in [0.05, 0.1) is 25.4 Å². The molecule has 1 aromatic heterocycles. The maximum absolute atomic E-state index is 13.6. The predicted octanol–water partition coefficient (Wildman–Crippen LogP) is 3.68. The van der Waals surface area contributed by atoms with Crippen LogP contribution in [0.4, 0.5) is 10.5 Å². The van der Waals surface area contributed by atoms with Gasteiger partial charge in [0.2, 0.25) is 5.91 Å². The van der Waals surface area contributed by atoms with Crippen molar-refractivity contribution >= 4 is 23.5 Å². The van der Waals surface area contributed by atoms with Crippen molar-refractivity contribution in [2.45, 2.75) is 82.6 Å². The van der Waals surface area contributed by atoms with Gasteiger partial charge in [-0.15, -0.1) is 0 Å². The molecule has 3 fully saturated rings. The highest BCUT2D eigenvalue weighted by molar-refractivity contribution is 5.89. The number of rotatable bonds is 12. The first-order chi connectivity index (χ1) is 23.2. The van der Waals surface area contributed by atoms with Gasteiger partial charge in [0.25, 0.3) is 5.91 Å². The highest BCUT2D eigenvalue weighted by atomic mass is 16.5. The summed E-state index contributed by atoms with van der Waals surface area (Å²) in [5.74, 6) is -0.0515. The van der Waals surface area contributed by atoms with E-state index in [4.69, 9.17) is 4.74 Å². The Morgan fingerprint density at radius 1 is 1.04 bits per heavy atom. The lowest BCUT2D eigenvalue weighted by molar-refractivity contribution is -0.139. The minimum atomic E-state index is -1.22. The number of urea groups is 1. The Bertz CT molecular complexity index is 1560. The largest absolute Gasteiger partial charge is 0.478 e. The van der Waals surface area contributed by atoms with Gasteiger partial charge in [-0.25, -0.2) is 4.79 Å². The number of aliphatic hydroxyl groups is 1. The molecule has 12 nitrogen and oxygen atoms in total. The second kappa shape index (κ2) is 14.7. The Morgan fingerprint density at radius 3 is 2.56 bits per heavy atom. The normalized spacial score (nSPS) is 19.6. The standard InChI is InChI=1S/C36H47N7O5/c1-36(2,34(46)37-21-33(45)42-17-5-8-31(42)24-44)48-32-9-3-7-30(18-32)41-16-4-6-28(23-41)40-35(47)43(29-14-15-29)22-25-10-12-26(13-11-25)27-19-38-39-20-27/h3,7,9-13,18-20,28-29,31,44H,4-6,8,14-17,21-24H2,1-2H3,(H,37,46)(H,38,39)(H,40,47)/t28-,31+/m1/s1. The van der Waals surface area contributed by atoms with E-state index in [1.807, 2.05) is 35.4 Å². The van der Waals surface area contributed by atoms with Gasteiger partial charge < -0.3 is 35.2 Å². The first-order valence-electron chi connectivity index (χ1n) is 17.1. The van der Waals surface area contributed by atoms with Gasteiger partial charge >= 0.3 is 6.03 Å². The highest BCUT2D eigenvalue weighted by Gasteiger charge is 2.35. The van der Waals surface area contributed by atoms with E-state index in [0.29, 0.717) is 25.4 Å². The molecule has 4 N–H and O–H groups in total. The number of anilines is 1. The molecule has 12 heteroatoms. The Kier molecular flexibility index (Phi) is 10.2. The molecule has 0 radical (unpaired) electrons. The predicted molar refractivity (Wildman–Crippen MR) is 182 cm³/mol. The number of benzene rings is 2. The third kappa shape index (κ3) is 8.10. The van der Waals surface area contributed by atoms with Crippen LogP contribution in [0.3, 0.4) is 0 Å². The number of hydrogen-bond acceptors (Lipinski definition) is 7. The summed E-state index contributed by atoms with van der Waals surface area (Å²) >= 11 is 0. The Hall–Kier alpha value is -4.58. The number of aromatic nitrogens is 2. The van der Waals surface area contributed by atoms with Gasteiger partial charge in [-0.3, -0.25) is 14.7 Å². The molecule has 3 aliphatic rings. The summed E-state index contributed by atoms with van der Waals surface area (Å²) in [5.41, 5.74) is 2.95. The zero-order chi connectivity index (χ0) is 33.7. The zero-order valence-electron chi connectivity index (χ0n) is 27.9. The minimum absolute atomic E-state index is 0.00124. The van der Waals surface area contributed by atoms with Gasteiger partial charge in [-0.05, 0) is 75.6 Å². The summed E-state index contributed by atoms with van der Waals surface area (Å²) in [5, 5.41) is 22.4. The monoisotopic (exact) mass is 657 g/mol. The average molecular weight is 658 g/mol. The van der Waals surface area contributed by atoms with Crippen LogP contribution in [0, 0.1) is 0 Å². The van der Waals surface area contributed by atoms with E-state index in [-0.39, 0.29) is 43.2 Å². The first-order valence-corrected chi connectivity index (χ1v) is 17.1. The van der Waals surface area contributed by atoms with E-state index in [2.05, 4.69) is 50.0 Å². The van der Waals surface area contributed by atoms with E-state index in [9.17, 15) is 19.5 Å². The van der Waals surface area contributed by atoms with Crippen molar-refractivity contribution in [3.8, 4) is 16.9 Å². The average Bonchev–Trinajstić information content (AvgIpc) is 3.55. The number of ether oxygens (including phenoxy) is 1. The first kappa shape index (κ1) is 33.3. The van der Waals surface area contributed by atoms with Crippen LogP contribution in [0.2, 0.25) is 0 Å². The SMILES string of the molecule is CC(C)(Oc1cccc(N2CCC[C@@H](NC(=O)N(Cc3ccc(-c4cn[nH]c4)cc3)C3CC3)C2)c1)C(=O)NCC(=O)N1CCC[C@H]1CO. The molecule has 48 heavy (non-hydrogen) atoms. The summed E-state index contributed by atoms with van der Waals surface area (Å²) in [6.45, 7) is 5.82. The Labute approximate surface area is 281 Å². The number of likely N-dealkylation sites (tertiary alicyclic amines) is 1. The smallest absolute Gasteiger partial charge is 0.318 e. The summed E-state index contributed by atoms with van der Waals surface area (Å²) in [6.07, 6.45) is 9.17. The fourth-order valence-electron chi connectivity index (χ4n) is 6.66. The number of nitrogens with one attached hydrogen (secondary N) is 3. The number of nitrogens with zero attached hydrogens (tertiary/aromatic N) is 4. The maximum atomic E-state index is 13.6. The molecule has 3 heterocycles. The van der Waals surface area contributed by atoms with Crippen molar-refractivity contribution in [3.05, 3.63) is 66.5 Å². The number of amides is 4. The molecular weight excluding hydrogens is 610 g/mol. The van der Waals surface area contributed by atoms with E-state index < -0.39 is 11.5 Å².